The van der Waals surface area contributed by atoms with Crippen LogP contribution in [0, 0.1) is 10.4 Å². The van der Waals surface area contributed by atoms with Crippen LogP contribution in [0.3, 0.4) is 0 Å². The van der Waals surface area contributed by atoms with E-state index in [-0.39, 0.29) is 108 Å². The molecule has 0 saturated carbocycles. The van der Waals surface area contributed by atoms with Crippen molar-refractivity contribution in [3.63, 3.8) is 0 Å². The van der Waals surface area contributed by atoms with Gasteiger partial charge in [-0.2, -0.15) is 0 Å². The van der Waals surface area contributed by atoms with E-state index in [1.54, 1.807) is 31.7 Å². The molecule has 1 fully saturated rings. The van der Waals surface area contributed by atoms with Gasteiger partial charge in [-0.15, -0.1) is 0 Å². The fraction of sp³-hybridized carbons (Fsp3) is 0.560. The van der Waals surface area contributed by atoms with Crippen LogP contribution in [0.5, 0.6) is 0 Å². The number of benzene rings is 1. The normalized spacial score (nSPS) is 16.4. The van der Waals surface area contributed by atoms with Gasteiger partial charge in [-0.1, -0.05) is 12.1 Å². The molecule has 17 nitrogen and oxygen atoms in total. The monoisotopic (exact) mass is 592 g/mol. The fourth-order valence-electron chi connectivity index (χ4n) is 4.63. The number of hydrogen-bond donors (Lipinski definition) is 4. The van der Waals surface area contributed by atoms with E-state index in [0.717, 1.165) is 0 Å². The lowest BCUT2D eigenvalue weighted by molar-refractivity contribution is -0.672. The largest absolute Gasteiger partial charge is 0.739 e. The standard InChI is InChI=1S/C25H36N8O9/c34-21(6-3-7-26-25-27-33(42)20-5-2-1-4-19(20)32(25)41)31-14-12-29(17-23(37)38)10-8-28(16-22(35)36)9-11-30(13-15-31)18-24(39)40/h1-2,4-5H,3,6-18H2,(H,26,27)(H,35,36)(H,37,38)(H,39,40). The molecule has 4 N–H and O–H groups in total. The van der Waals surface area contributed by atoms with Gasteiger partial charge in [-0.3, -0.25) is 39.2 Å². The third kappa shape index (κ3) is 9.93. The Morgan fingerprint density at radius 2 is 1.21 bits per heavy atom. The molecular weight excluding hydrogens is 556 g/mol. The van der Waals surface area contributed by atoms with E-state index >= 15 is 0 Å². The van der Waals surface area contributed by atoms with E-state index < -0.39 is 17.9 Å². The van der Waals surface area contributed by atoms with Crippen LogP contribution < -0.4 is 14.9 Å². The highest BCUT2D eigenvalue weighted by Gasteiger charge is 2.23. The van der Waals surface area contributed by atoms with Gasteiger partial charge < -0.3 is 30.6 Å². The molecule has 0 bridgehead atoms. The summed E-state index contributed by atoms with van der Waals surface area (Å²) in [6.45, 7) is 1.14. The maximum atomic E-state index is 13.2. The third-order valence-corrected chi connectivity index (χ3v) is 6.80. The number of anilines is 1. The molecule has 0 spiro atoms. The zero-order valence-electron chi connectivity index (χ0n) is 23.1. The minimum Gasteiger partial charge on any atom is -0.739 e. The van der Waals surface area contributed by atoms with Crippen molar-refractivity contribution in [2.45, 2.75) is 12.8 Å². The van der Waals surface area contributed by atoms with Gasteiger partial charge in [0.05, 0.1) is 26.2 Å². The van der Waals surface area contributed by atoms with Crippen LogP contribution >= 0.6 is 0 Å². The summed E-state index contributed by atoms with van der Waals surface area (Å²) in [5, 5.41) is 59.2. The van der Waals surface area contributed by atoms with E-state index in [2.05, 4.69) is 10.4 Å². The number of nitrogens with one attached hydrogen (secondary N) is 1. The van der Waals surface area contributed by atoms with E-state index in [0.29, 0.717) is 16.0 Å². The Morgan fingerprint density at radius 1 is 0.762 bits per heavy atom. The van der Waals surface area contributed by atoms with Crippen molar-refractivity contribution >= 4 is 40.8 Å². The van der Waals surface area contributed by atoms with Crippen molar-refractivity contribution in [1.82, 2.24) is 24.7 Å². The predicted molar refractivity (Wildman–Crippen MR) is 146 cm³/mol. The minimum atomic E-state index is -1.05. The average molecular weight is 593 g/mol. The number of nitrogens with zero attached hydrogens (tertiary/aromatic N) is 7. The van der Waals surface area contributed by atoms with Gasteiger partial charge in [-0.25, -0.2) is 4.73 Å². The van der Waals surface area contributed by atoms with E-state index in [1.807, 2.05) is 0 Å². The van der Waals surface area contributed by atoms with Crippen molar-refractivity contribution in [2.24, 2.45) is 0 Å². The van der Waals surface area contributed by atoms with Crippen LogP contribution in [-0.2, 0) is 19.2 Å². The molecule has 230 valence electrons. The van der Waals surface area contributed by atoms with Crippen molar-refractivity contribution in [1.29, 1.82) is 0 Å². The Kier molecular flexibility index (Phi) is 11.9. The predicted octanol–water partition coefficient (Wildman–Crippen LogP) is -2.30. The molecule has 0 aliphatic carbocycles. The summed E-state index contributed by atoms with van der Waals surface area (Å²) in [5.74, 6) is -3.60. The maximum Gasteiger partial charge on any atom is 0.460 e. The molecule has 0 unspecified atom stereocenters. The number of carbonyl (C=O) groups is 4. The van der Waals surface area contributed by atoms with Crippen LogP contribution in [-0.4, -0.2) is 142 Å². The molecule has 1 aromatic carbocycles. The van der Waals surface area contributed by atoms with E-state index in [4.69, 9.17) is 0 Å². The molecule has 1 saturated heterocycles. The number of amides is 1. The number of carboxylic acid groups (broad SMARTS) is 3. The Hall–Kier alpha value is -4.35. The van der Waals surface area contributed by atoms with Crippen molar-refractivity contribution in [3.05, 3.63) is 34.7 Å². The second kappa shape index (κ2) is 15.6. The van der Waals surface area contributed by atoms with Gasteiger partial charge >= 0.3 is 23.9 Å². The van der Waals surface area contributed by atoms with Crippen LogP contribution in [0.25, 0.3) is 11.0 Å². The zero-order chi connectivity index (χ0) is 30.6. The number of aromatic nitrogens is 3. The number of para-hydroxylation sites is 2. The second-order valence-electron chi connectivity index (χ2n) is 9.90. The number of hydrogen-bond acceptors (Lipinski definition) is 11. The second-order valence-corrected chi connectivity index (χ2v) is 9.90. The first-order valence-corrected chi connectivity index (χ1v) is 13.5. The van der Waals surface area contributed by atoms with Gasteiger partial charge in [0.15, 0.2) is 5.52 Å². The molecule has 2 heterocycles. The highest BCUT2D eigenvalue weighted by atomic mass is 16.5. The summed E-state index contributed by atoms with van der Waals surface area (Å²) in [6, 6.07) is 6.21. The quantitative estimate of drug-likeness (QED) is 0.122. The molecule has 1 aliphatic rings. The molecule has 2 aromatic rings. The molecule has 42 heavy (non-hydrogen) atoms. The van der Waals surface area contributed by atoms with Gasteiger partial charge in [0, 0.05) is 69.7 Å². The molecule has 17 heteroatoms. The SMILES string of the molecule is O=C(O)CN1CCN(CC(=O)O)CCN(C(=O)CCCNc2n[n+]([O-])c3ccccc3[n+]2[O-])CCN(CC(=O)O)CC1. The van der Waals surface area contributed by atoms with Crippen LogP contribution in [0.1, 0.15) is 12.8 Å². The van der Waals surface area contributed by atoms with E-state index in [1.165, 1.54) is 12.1 Å². The smallest absolute Gasteiger partial charge is 0.460 e. The lowest BCUT2D eigenvalue weighted by Gasteiger charge is -2.33. The number of carboxylic acids is 3. The van der Waals surface area contributed by atoms with Crippen molar-refractivity contribution in [3.8, 4) is 0 Å². The number of rotatable bonds is 11. The third-order valence-electron chi connectivity index (χ3n) is 6.80. The summed E-state index contributed by atoms with van der Waals surface area (Å²) in [5.41, 5.74) is 0.260. The molecule has 1 amide bonds. The van der Waals surface area contributed by atoms with Crippen molar-refractivity contribution < 1.29 is 44.1 Å². The van der Waals surface area contributed by atoms with Gasteiger partial charge in [0.1, 0.15) is 0 Å². The Balaban J connectivity index is 1.64. The molecule has 1 aliphatic heterocycles. The van der Waals surface area contributed by atoms with Crippen LogP contribution in [0.15, 0.2) is 24.3 Å². The summed E-state index contributed by atoms with van der Waals surface area (Å²) >= 11 is 0. The lowest BCUT2D eigenvalue weighted by atomic mass is 10.2. The first-order chi connectivity index (χ1) is 20.0. The topological polar surface area (TPSA) is 221 Å². The van der Waals surface area contributed by atoms with E-state index in [9.17, 15) is 44.9 Å². The Labute approximate surface area is 241 Å². The minimum absolute atomic E-state index is 0.0705. The van der Waals surface area contributed by atoms with Crippen molar-refractivity contribution in [2.75, 3.05) is 83.9 Å². The Bertz CT molecular complexity index is 1230. The highest BCUT2D eigenvalue weighted by molar-refractivity contribution is 5.76. The summed E-state index contributed by atoms with van der Waals surface area (Å²) < 4.78 is 0.507. The highest BCUT2D eigenvalue weighted by Crippen LogP contribution is 2.07. The van der Waals surface area contributed by atoms with Gasteiger partial charge in [-0.05, 0) is 12.5 Å². The van der Waals surface area contributed by atoms with Crippen LogP contribution in [0.2, 0.25) is 0 Å². The first kappa shape index (κ1) is 32.2. The zero-order valence-corrected chi connectivity index (χ0v) is 23.1. The first-order valence-electron chi connectivity index (χ1n) is 13.5. The van der Waals surface area contributed by atoms with Gasteiger partial charge in [0.2, 0.25) is 11.0 Å². The Morgan fingerprint density at radius 3 is 1.69 bits per heavy atom. The average Bonchev–Trinajstić information content (AvgIpc) is 2.92. The number of carbonyl (C=O) groups excluding carboxylic acids is 1. The van der Waals surface area contributed by atoms with Gasteiger partial charge in [0.25, 0.3) is 5.52 Å². The lowest BCUT2D eigenvalue weighted by Crippen LogP contribution is -2.49. The molecule has 3 rings (SSSR count). The van der Waals surface area contributed by atoms with Crippen LogP contribution in [0.4, 0.5) is 5.95 Å². The molecule has 0 radical (unpaired) electrons. The number of aliphatic carboxylic acids is 3. The summed E-state index contributed by atoms with van der Waals surface area (Å²) in [7, 11) is 0. The summed E-state index contributed by atoms with van der Waals surface area (Å²) in [6.07, 6.45) is 0.367. The fourth-order valence-corrected chi connectivity index (χ4v) is 4.63. The maximum absolute atomic E-state index is 13.2. The number of fused-ring (bicyclic) bond motifs is 1. The summed E-state index contributed by atoms with van der Waals surface area (Å²) in [4.78, 5) is 54.1. The molecular formula is C25H36N8O9. The molecule has 1 aromatic heterocycles. The molecule has 0 atom stereocenters.